The molecule has 0 saturated carbocycles. The van der Waals surface area contributed by atoms with E-state index in [2.05, 4.69) is 37.2 Å². The first-order valence-corrected chi connectivity index (χ1v) is 19.0. The van der Waals surface area contributed by atoms with Crippen molar-refractivity contribution in [3.63, 3.8) is 0 Å². The highest BCUT2D eigenvalue weighted by Crippen LogP contribution is 2.49. The van der Waals surface area contributed by atoms with Gasteiger partial charge < -0.3 is 29.2 Å². The van der Waals surface area contributed by atoms with E-state index in [4.69, 9.17) is 25.5 Å². The van der Waals surface area contributed by atoms with Crippen LogP contribution in [-0.4, -0.2) is 93.0 Å². The van der Waals surface area contributed by atoms with Gasteiger partial charge >= 0.3 is 5.97 Å². The van der Waals surface area contributed by atoms with Crippen LogP contribution < -0.4 is 14.8 Å². The summed E-state index contributed by atoms with van der Waals surface area (Å²) < 4.78 is 34.0. The number of aryl methyl sites for hydroxylation is 1. The summed E-state index contributed by atoms with van der Waals surface area (Å²) in [6.45, 7) is 10.2. The van der Waals surface area contributed by atoms with Gasteiger partial charge in [0.1, 0.15) is 53.5 Å². The smallest absolute Gasteiger partial charge is 0.326 e. The fourth-order valence-corrected chi connectivity index (χ4v) is 7.96. The maximum atomic E-state index is 14.3. The molecule has 1 atom stereocenters. The third-order valence-corrected chi connectivity index (χ3v) is 11.2. The van der Waals surface area contributed by atoms with Crippen LogP contribution in [-0.2, 0) is 24.4 Å². The number of carboxylic acid groups (broad SMARTS) is 1. The summed E-state index contributed by atoms with van der Waals surface area (Å²) in [6.07, 6.45) is 3.19. The second kappa shape index (κ2) is 16.6. The van der Waals surface area contributed by atoms with Crippen molar-refractivity contribution < 1.29 is 28.2 Å². The van der Waals surface area contributed by atoms with Crippen LogP contribution >= 0.6 is 22.9 Å². The molecule has 1 fully saturated rings. The molecule has 0 unspecified atom stereocenters. The number of nitrogens with one attached hydrogen (secondary N) is 1. The summed E-state index contributed by atoms with van der Waals surface area (Å²) in [5.74, 6) is 0.632. The number of rotatable bonds is 15. The number of nitrogens with zero attached hydrogens (tertiary/aromatic N) is 6. The average molecular weight is 774 g/mol. The summed E-state index contributed by atoms with van der Waals surface area (Å²) in [7, 11) is 2.13. The van der Waals surface area contributed by atoms with E-state index in [1.807, 2.05) is 61.0 Å². The van der Waals surface area contributed by atoms with Crippen LogP contribution in [0.2, 0.25) is 5.02 Å². The van der Waals surface area contributed by atoms with E-state index < -0.39 is 18.0 Å². The SMILES string of the molecule is CCn1nccc1COc1ccccc1C[C@@H](Nc1ncnc2sc(-c3ccc(F)o3)c(-c3ccc(OCCN4CCN(C)CC4)c(Cl)c3C)c12)C(=O)O. The maximum absolute atomic E-state index is 14.3. The van der Waals surface area contributed by atoms with Crippen LogP contribution in [0.15, 0.2) is 71.5 Å². The van der Waals surface area contributed by atoms with E-state index >= 15 is 0 Å². The van der Waals surface area contributed by atoms with E-state index in [9.17, 15) is 14.3 Å². The highest BCUT2D eigenvalue weighted by atomic mass is 35.5. The molecular weight excluding hydrogens is 733 g/mol. The molecule has 0 spiro atoms. The number of hydrogen-bond acceptors (Lipinski definition) is 11. The van der Waals surface area contributed by atoms with Gasteiger partial charge in [-0.3, -0.25) is 9.58 Å². The Morgan fingerprint density at radius 2 is 1.89 bits per heavy atom. The third-order valence-electron chi connectivity index (χ3n) is 9.65. The molecule has 1 aliphatic rings. The van der Waals surface area contributed by atoms with Crippen LogP contribution in [0, 0.1) is 12.9 Å². The van der Waals surface area contributed by atoms with Gasteiger partial charge in [-0.1, -0.05) is 35.9 Å². The number of piperazine rings is 1. The molecule has 0 bridgehead atoms. The van der Waals surface area contributed by atoms with Gasteiger partial charge in [0.15, 0.2) is 0 Å². The predicted octanol–water partition coefficient (Wildman–Crippen LogP) is 7.25. The van der Waals surface area contributed by atoms with Crippen molar-refractivity contribution in [1.29, 1.82) is 0 Å². The molecule has 1 aliphatic heterocycles. The first-order valence-electron chi connectivity index (χ1n) is 17.8. The van der Waals surface area contributed by atoms with E-state index in [-0.39, 0.29) is 13.0 Å². The molecule has 0 amide bonds. The van der Waals surface area contributed by atoms with Crippen LogP contribution in [0.3, 0.4) is 0 Å². The van der Waals surface area contributed by atoms with Gasteiger partial charge in [-0.2, -0.15) is 9.49 Å². The summed E-state index contributed by atoms with van der Waals surface area (Å²) >= 11 is 8.28. The minimum atomic E-state index is -1.10. The zero-order valence-corrected chi connectivity index (χ0v) is 31.8. The number of benzene rings is 2. The standard InChI is InChI=1S/C39H41ClFN7O5S/c1-4-48-26(13-14-44-48)22-52-29-8-6-5-7-25(29)21-28(39(49)50)45-37-34-33(36(31-11-12-32(41)53-31)54-38(34)43-23-42-37)27-9-10-30(35(40)24(27)2)51-20-19-47-17-15-46(3)16-18-47/h5-14,23,28H,4,15-22H2,1-3H3,(H,49,50)(H,42,43,45)/t28-/m1/s1. The number of aliphatic carboxylic acids is 1. The number of anilines is 1. The Hall–Kier alpha value is -5.02. The Labute approximate surface area is 321 Å². The van der Waals surface area contributed by atoms with Crippen molar-refractivity contribution in [3.8, 4) is 33.3 Å². The molecule has 54 heavy (non-hydrogen) atoms. The lowest BCUT2D eigenvalue weighted by molar-refractivity contribution is -0.137. The molecule has 15 heteroatoms. The molecule has 2 aromatic carbocycles. The van der Waals surface area contributed by atoms with E-state index in [0.29, 0.717) is 67.5 Å². The third kappa shape index (κ3) is 8.06. The van der Waals surface area contributed by atoms with Crippen molar-refractivity contribution >= 4 is 44.9 Å². The molecular formula is C39H41ClFN7O5S. The molecule has 7 rings (SSSR count). The summed E-state index contributed by atoms with van der Waals surface area (Å²) in [5.41, 5.74) is 3.69. The number of furan rings is 1. The number of fused-ring (bicyclic) bond motifs is 1. The zero-order chi connectivity index (χ0) is 37.8. The highest BCUT2D eigenvalue weighted by Gasteiger charge is 2.28. The van der Waals surface area contributed by atoms with Crippen molar-refractivity contribution in [1.82, 2.24) is 29.5 Å². The Kier molecular flexibility index (Phi) is 11.4. The molecule has 6 aromatic rings. The number of ether oxygens (including phenoxy) is 2. The van der Waals surface area contributed by atoms with Crippen LogP contribution in [0.25, 0.3) is 32.0 Å². The van der Waals surface area contributed by atoms with E-state index in [1.165, 1.54) is 23.7 Å². The van der Waals surface area contributed by atoms with Gasteiger partial charge in [0.2, 0.25) is 0 Å². The summed E-state index contributed by atoms with van der Waals surface area (Å²) in [6, 6.07) is 14.0. The molecule has 4 aromatic heterocycles. The number of carboxylic acids is 1. The maximum Gasteiger partial charge on any atom is 0.326 e. The van der Waals surface area contributed by atoms with Gasteiger partial charge in [-0.15, -0.1) is 11.3 Å². The first-order chi connectivity index (χ1) is 26.2. The number of halogens is 2. The van der Waals surface area contributed by atoms with Crippen molar-refractivity contribution in [2.24, 2.45) is 0 Å². The van der Waals surface area contributed by atoms with Gasteiger partial charge in [-0.05, 0) is 61.9 Å². The number of carbonyl (C=O) groups is 1. The topological polar surface area (TPSA) is 131 Å². The largest absolute Gasteiger partial charge is 0.491 e. The van der Waals surface area contributed by atoms with Crippen molar-refractivity contribution in [2.45, 2.75) is 39.5 Å². The Balaban J connectivity index is 1.20. The predicted molar refractivity (Wildman–Crippen MR) is 207 cm³/mol. The quantitative estimate of drug-likeness (QED) is 0.109. The van der Waals surface area contributed by atoms with Crippen LogP contribution in [0.5, 0.6) is 11.5 Å². The normalized spacial score (nSPS) is 14.4. The number of para-hydroxylation sites is 1. The van der Waals surface area contributed by atoms with Crippen LogP contribution in [0.4, 0.5) is 10.2 Å². The van der Waals surface area contributed by atoms with Crippen molar-refractivity contribution in [2.75, 3.05) is 51.7 Å². The molecule has 5 heterocycles. The lowest BCUT2D eigenvalue weighted by Crippen LogP contribution is -2.45. The van der Waals surface area contributed by atoms with E-state index in [1.54, 1.807) is 12.3 Å². The van der Waals surface area contributed by atoms with Crippen LogP contribution in [0.1, 0.15) is 23.7 Å². The van der Waals surface area contributed by atoms with E-state index in [0.717, 1.165) is 49.5 Å². The van der Waals surface area contributed by atoms with Gasteiger partial charge in [0.25, 0.3) is 6.01 Å². The summed E-state index contributed by atoms with van der Waals surface area (Å²) in [4.78, 5) is 27.8. The zero-order valence-electron chi connectivity index (χ0n) is 30.2. The van der Waals surface area contributed by atoms with Gasteiger partial charge in [-0.25, -0.2) is 14.8 Å². The second-order valence-electron chi connectivity index (χ2n) is 13.1. The molecule has 0 radical (unpaired) electrons. The minimum Gasteiger partial charge on any atom is -0.491 e. The number of likely N-dealkylation sites (N-methyl/N-ethyl adjacent to an activating group) is 1. The van der Waals surface area contributed by atoms with Gasteiger partial charge in [0, 0.05) is 63.5 Å². The average Bonchev–Trinajstić information content (AvgIpc) is 3.92. The second-order valence-corrected chi connectivity index (χ2v) is 14.5. The molecule has 0 aliphatic carbocycles. The molecule has 1 saturated heterocycles. The minimum absolute atomic E-state index is 0.0881. The molecule has 12 nitrogen and oxygen atoms in total. The molecule has 2 N–H and O–H groups in total. The van der Waals surface area contributed by atoms with Crippen molar-refractivity contribution in [3.05, 3.63) is 95.0 Å². The first kappa shape index (κ1) is 37.3. The lowest BCUT2D eigenvalue weighted by atomic mass is 9.97. The molecule has 282 valence electrons. The fraction of sp³-hybridized carbons (Fsp3) is 0.333. The lowest BCUT2D eigenvalue weighted by Gasteiger charge is -2.32. The Bertz CT molecular complexity index is 2250. The monoisotopic (exact) mass is 773 g/mol. The number of thiophene rings is 1. The highest BCUT2D eigenvalue weighted by molar-refractivity contribution is 7.22. The number of hydrogen-bond donors (Lipinski definition) is 2. The number of aromatic nitrogens is 4. The summed E-state index contributed by atoms with van der Waals surface area (Å²) in [5, 5.41) is 19.0. The Morgan fingerprint density at radius 1 is 1.07 bits per heavy atom. The fourth-order valence-electron chi connectivity index (χ4n) is 6.63. The van der Waals surface area contributed by atoms with Gasteiger partial charge in [0.05, 0.1) is 21.0 Å². The Morgan fingerprint density at radius 3 is 2.65 bits per heavy atom.